The van der Waals surface area contributed by atoms with Crippen LogP contribution in [0.3, 0.4) is 0 Å². The molecule has 2 atom stereocenters. The fourth-order valence-corrected chi connectivity index (χ4v) is 3.05. The number of para-hydroxylation sites is 1. The Labute approximate surface area is 144 Å². The van der Waals surface area contributed by atoms with E-state index in [0.29, 0.717) is 24.0 Å². The molecule has 2 aromatic rings. The summed E-state index contributed by atoms with van der Waals surface area (Å²) in [4.78, 5) is 40.6. The monoisotopic (exact) mass is 344 g/mol. The molecule has 7 heteroatoms. The molecule has 0 radical (unpaired) electrons. The number of morpholine rings is 1. The quantitative estimate of drug-likeness (QED) is 0.849. The van der Waals surface area contributed by atoms with Crippen molar-refractivity contribution in [3.8, 4) is 0 Å². The standard InChI is InChI=1S/C18H20N2O5/c1-11-8-20(9-12(2)25-11)17(22)10-24-18(23)14-7-16(21)19-15-6-4-3-5-13(14)15/h3-7,11-12H,8-10H2,1-2H3,(H,19,21)/t11-,12+. The summed E-state index contributed by atoms with van der Waals surface area (Å²) in [5, 5.41) is 0.577. The highest BCUT2D eigenvalue weighted by molar-refractivity contribution is 6.03. The first-order valence-electron chi connectivity index (χ1n) is 8.16. The second kappa shape index (κ2) is 7.06. The minimum atomic E-state index is -0.690. The number of H-pyrrole nitrogens is 1. The zero-order chi connectivity index (χ0) is 18.0. The van der Waals surface area contributed by atoms with Gasteiger partial charge < -0.3 is 19.4 Å². The minimum absolute atomic E-state index is 0.0555. The molecule has 1 saturated heterocycles. The third kappa shape index (κ3) is 3.88. The van der Waals surface area contributed by atoms with E-state index in [4.69, 9.17) is 9.47 Å². The summed E-state index contributed by atoms with van der Waals surface area (Å²) in [7, 11) is 0. The molecule has 2 heterocycles. The number of nitrogens with zero attached hydrogens (tertiary/aromatic N) is 1. The Hall–Kier alpha value is -2.67. The van der Waals surface area contributed by atoms with Gasteiger partial charge in [0.05, 0.1) is 17.8 Å². The average Bonchev–Trinajstić information content (AvgIpc) is 2.57. The van der Waals surface area contributed by atoms with E-state index >= 15 is 0 Å². The average molecular weight is 344 g/mol. The first-order valence-corrected chi connectivity index (χ1v) is 8.16. The summed E-state index contributed by atoms with van der Waals surface area (Å²) < 4.78 is 10.7. The zero-order valence-corrected chi connectivity index (χ0v) is 14.2. The largest absolute Gasteiger partial charge is 0.452 e. The lowest BCUT2D eigenvalue weighted by Gasteiger charge is -2.35. The van der Waals surface area contributed by atoms with Crippen molar-refractivity contribution in [3.05, 3.63) is 46.2 Å². The van der Waals surface area contributed by atoms with Crippen LogP contribution in [0.2, 0.25) is 0 Å². The van der Waals surface area contributed by atoms with Gasteiger partial charge in [0.1, 0.15) is 0 Å². The zero-order valence-electron chi connectivity index (χ0n) is 14.2. The third-order valence-corrected chi connectivity index (χ3v) is 4.07. The molecule has 0 saturated carbocycles. The second-order valence-corrected chi connectivity index (χ2v) is 6.23. The Balaban J connectivity index is 1.71. The second-order valence-electron chi connectivity index (χ2n) is 6.23. The summed E-state index contributed by atoms with van der Waals surface area (Å²) >= 11 is 0. The number of rotatable bonds is 3. The van der Waals surface area contributed by atoms with E-state index < -0.39 is 11.5 Å². The summed E-state index contributed by atoms with van der Waals surface area (Å²) in [6.45, 7) is 4.36. The Morgan fingerprint density at radius 1 is 1.24 bits per heavy atom. The molecule has 1 aromatic heterocycles. The highest BCUT2D eigenvalue weighted by Crippen LogP contribution is 2.16. The van der Waals surface area contributed by atoms with Crippen LogP contribution in [0, 0.1) is 0 Å². The maximum atomic E-state index is 12.4. The fraction of sp³-hybridized carbons (Fsp3) is 0.389. The highest BCUT2D eigenvalue weighted by atomic mass is 16.5. The predicted octanol–water partition coefficient (Wildman–Crippen LogP) is 1.32. The van der Waals surface area contributed by atoms with Crippen molar-refractivity contribution in [2.24, 2.45) is 0 Å². The van der Waals surface area contributed by atoms with Crippen LogP contribution in [0.4, 0.5) is 0 Å². The van der Waals surface area contributed by atoms with Crippen molar-refractivity contribution in [1.29, 1.82) is 0 Å². The van der Waals surface area contributed by atoms with Gasteiger partial charge in [-0.05, 0) is 19.9 Å². The molecular formula is C18H20N2O5. The number of pyridine rings is 1. The predicted molar refractivity (Wildman–Crippen MR) is 91.4 cm³/mol. The molecule has 0 bridgehead atoms. The number of carbonyl (C=O) groups excluding carboxylic acids is 2. The van der Waals surface area contributed by atoms with Gasteiger partial charge in [-0.3, -0.25) is 9.59 Å². The molecular weight excluding hydrogens is 324 g/mol. The van der Waals surface area contributed by atoms with E-state index in [2.05, 4.69) is 4.98 Å². The summed E-state index contributed by atoms with van der Waals surface area (Å²) in [5.41, 5.74) is 0.299. The number of fused-ring (bicyclic) bond motifs is 1. The Morgan fingerprint density at radius 3 is 2.64 bits per heavy atom. The molecule has 1 aliphatic rings. The number of aromatic amines is 1. The van der Waals surface area contributed by atoms with Gasteiger partial charge in [0.15, 0.2) is 6.61 Å². The van der Waals surface area contributed by atoms with E-state index in [1.165, 1.54) is 6.07 Å². The van der Waals surface area contributed by atoms with Gasteiger partial charge >= 0.3 is 5.97 Å². The number of benzene rings is 1. The van der Waals surface area contributed by atoms with Gasteiger partial charge in [-0.1, -0.05) is 18.2 Å². The van der Waals surface area contributed by atoms with Gasteiger partial charge in [0.2, 0.25) is 5.56 Å². The van der Waals surface area contributed by atoms with Crippen molar-refractivity contribution in [2.45, 2.75) is 26.1 Å². The third-order valence-electron chi connectivity index (χ3n) is 4.07. The molecule has 0 aliphatic carbocycles. The Kier molecular flexibility index (Phi) is 4.85. The molecule has 1 N–H and O–H groups in total. The summed E-state index contributed by atoms with van der Waals surface area (Å²) in [5.74, 6) is -0.963. The molecule has 0 unspecified atom stereocenters. The Bertz CT molecular complexity index is 850. The lowest BCUT2D eigenvalue weighted by atomic mass is 10.1. The smallest absolute Gasteiger partial charge is 0.339 e. The molecule has 3 rings (SSSR count). The van der Waals surface area contributed by atoms with Gasteiger partial charge in [-0.15, -0.1) is 0 Å². The molecule has 1 fully saturated rings. The van der Waals surface area contributed by atoms with Gasteiger partial charge in [0, 0.05) is 30.1 Å². The van der Waals surface area contributed by atoms with Crippen molar-refractivity contribution in [1.82, 2.24) is 9.88 Å². The van der Waals surface area contributed by atoms with E-state index in [-0.39, 0.29) is 30.3 Å². The number of nitrogens with one attached hydrogen (secondary N) is 1. The maximum absolute atomic E-state index is 12.4. The van der Waals surface area contributed by atoms with Crippen molar-refractivity contribution < 1.29 is 19.1 Å². The summed E-state index contributed by atoms with van der Waals surface area (Å²) in [6.07, 6.45) is -0.111. The molecule has 1 aromatic carbocycles. The fourth-order valence-electron chi connectivity index (χ4n) is 3.05. The topological polar surface area (TPSA) is 88.7 Å². The number of hydrogen-bond acceptors (Lipinski definition) is 5. The van der Waals surface area contributed by atoms with Gasteiger partial charge in [-0.2, -0.15) is 0 Å². The van der Waals surface area contributed by atoms with E-state index in [9.17, 15) is 14.4 Å². The van der Waals surface area contributed by atoms with Crippen LogP contribution in [0.15, 0.2) is 35.1 Å². The number of ether oxygens (including phenoxy) is 2. The molecule has 1 aliphatic heterocycles. The number of aromatic nitrogens is 1. The minimum Gasteiger partial charge on any atom is -0.452 e. The molecule has 0 spiro atoms. The van der Waals surface area contributed by atoms with Gasteiger partial charge in [0.25, 0.3) is 5.91 Å². The van der Waals surface area contributed by atoms with Crippen LogP contribution in [0.1, 0.15) is 24.2 Å². The van der Waals surface area contributed by atoms with Crippen LogP contribution in [-0.2, 0) is 14.3 Å². The van der Waals surface area contributed by atoms with Crippen LogP contribution < -0.4 is 5.56 Å². The lowest BCUT2D eigenvalue weighted by Crippen LogP contribution is -2.49. The number of carbonyl (C=O) groups is 2. The van der Waals surface area contributed by atoms with Crippen molar-refractivity contribution in [3.63, 3.8) is 0 Å². The molecule has 7 nitrogen and oxygen atoms in total. The van der Waals surface area contributed by atoms with Crippen LogP contribution in [0.25, 0.3) is 10.9 Å². The van der Waals surface area contributed by atoms with Crippen LogP contribution in [-0.4, -0.2) is 53.7 Å². The lowest BCUT2D eigenvalue weighted by molar-refractivity contribution is -0.146. The molecule has 25 heavy (non-hydrogen) atoms. The number of amides is 1. The number of hydrogen-bond donors (Lipinski definition) is 1. The molecule has 1 amide bonds. The van der Waals surface area contributed by atoms with Gasteiger partial charge in [-0.25, -0.2) is 4.79 Å². The van der Waals surface area contributed by atoms with E-state index in [1.807, 2.05) is 13.8 Å². The first kappa shape index (κ1) is 17.2. The SMILES string of the molecule is C[C@@H]1CN(C(=O)COC(=O)c2cc(=O)[nH]c3ccccc23)C[C@H](C)O1. The van der Waals surface area contributed by atoms with Crippen LogP contribution >= 0.6 is 0 Å². The Morgan fingerprint density at radius 2 is 1.92 bits per heavy atom. The molecule has 132 valence electrons. The summed E-state index contributed by atoms with van der Waals surface area (Å²) in [6, 6.07) is 8.13. The number of esters is 1. The van der Waals surface area contributed by atoms with Crippen molar-refractivity contribution in [2.75, 3.05) is 19.7 Å². The van der Waals surface area contributed by atoms with Crippen LogP contribution in [0.5, 0.6) is 0 Å². The van der Waals surface area contributed by atoms with E-state index in [1.54, 1.807) is 29.2 Å². The first-order chi connectivity index (χ1) is 11.9. The highest BCUT2D eigenvalue weighted by Gasteiger charge is 2.26. The van der Waals surface area contributed by atoms with E-state index in [0.717, 1.165) is 0 Å². The normalized spacial score (nSPS) is 20.5. The van der Waals surface area contributed by atoms with Crippen molar-refractivity contribution >= 4 is 22.8 Å². The maximum Gasteiger partial charge on any atom is 0.339 e.